The number of ether oxygens (including phenoxy) is 2. The summed E-state index contributed by atoms with van der Waals surface area (Å²) in [4.78, 5) is 23.6. The number of nitrogens with zero attached hydrogens (tertiary/aromatic N) is 2. The highest BCUT2D eigenvalue weighted by molar-refractivity contribution is 8.00. The minimum atomic E-state index is -0.323. The van der Waals surface area contributed by atoms with Gasteiger partial charge in [-0.1, -0.05) is 11.8 Å². The predicted octanol–water partition coefficient (Wildman–Crippen LogP) is 4.44. The molecule has 0 radical (unpaired) electrons. The lowest BCUT2D eigenvalue weighted by Crippen LogP contribution is -2.22. The molecule has 1 N–H and O–H groups in total. The van der Waals surface area contributed by atoms with Crippen molar-refractivity contribution in [2.75, 3.05) is 19.5 Å². The number of nitrogens with one attached hydrogen (secondary N) is 1. The van der Waals surface area contributed by atoms with Crippen LogP contribution in [0.5, 0.6) is 11.5 Å². The molecule has 0 aliphatic carbocycles. The number of benzene rings is 1. The van der Waals surface area contributed by atoms with Gasteiger partial charge in [0.05, 0.1) is 19.5 Å². The maximum Gasteiger partial charge on any atom is 0.237 e. The van der Waals surface area contributed by atoms with Gasteiger partial charge in [-0.25, -0.2) is 9.97 Å². The number of anilines is 1. The molecule has 0 aliphatic heterocycles. The third-order valence-corrected chi connectivity index (χ3v) is 6.45. The second-order valence-electron chi connectivity index (χ2n) is 5.96. The average molecular weight is 404 g/mol. The van der Waals surface area contributed by atoms with Gasteiger partial charge in [0, 0.05) is 22.0 Å². The van der Waals surface area contributed by atoms with Crippen LogP contribution in [0.1, 0.15) is 17.4 Å². The van der Waals surface area contributed by atoms with Gasteiger partial charge in [-0.05, 0) is 38.5 Å². The van der Waals surface area contributed by atoms with Gasteiger partial charge in [0.25, 0.3) is 0 Å². The Morgan fingerprint density at radius 3 is 2.63 bits per heavy atom. The number of thioether (sulfide) groups is 1. The largest absolute Gasteiger partial charge is 0.493 e. The van der Waals surface area contributed by atoms with Crippen molar-refractivity contribution in [3.05, 3.63) is 35.0 Å². The van der Waals surface area contributed by atoms with Crippen LogP contribution in [-0.4, -0.2) is 35.3 Å². The first-order valence-electron chi connectivity index (χ1n) is 8.34. The van der Waals surface area contributed by atoms with Crippen molar-refractivity contribution < 1.29 is 14.3 Å². The zero-order valence-electron chi connectivity index (χ0n) is 15.8. The molecule has 27 heavy (non-hydrogen) atoms. The Labute approximate surface area is 166 Å². The van der Waals surface area contributed by atoms with E-state index in [2.05, 4.69) is 29.1 Å². The Morgan fingerprint density at radius 2 is 1.93 bits per heavy atom. The molecule has 142 valence electrons. The Kier molecular flexibility index (Phi) is 5.86. The SMILES string of the molecule is COc1ccc(NC(=O)[C@@H](C)Sc2ncnc3sc(C)c(C)c23)cc1OC. The fourth-order valence-corrected chi connectivity index (χ4v) is 4.66. The molecule has 1 atom stereocenters. The van der Waals surface area contributed by atoms with Crippen LogP contribution in [0.3, 0.4) is 0 Å². The van der Waals surface area contributed by atoms with Crippen molar-refractivity contribution >= 4 is 44.9 Å². The van der Waals surface area contributed by atoms with Crippen LogP contribution in [0.2, 0.25) is 0 Å². The summed E-state index contributed by atoms with van der Waals surface area (Å²) in [6.07, 6.45) is 1.55. The number of aryl methyl sites for hydroxylation is 2. The van der Waals surface area contributed by atoms with Crippen LogP contribution in [0.4, 0.5) is 5.69 Å². The Bertz CT molecular complexity index is 988. The fourth-order valence-electron chi connectivity index (χ4n) is 2.62. The molecular weight excluding hydrogens is 382 g/mol. The van der Waals surface area contributed by atoms with Crippen molar-refractivity contribution in [1.82, 2.24) is 9.97 Å². The van der Waals surface area contributed by atoms with E-state index in [1.807, 2.05) is 6.92 Å². The Morgan fingerprint density at radius 1 is 1.19 bits per heavy atom. The minimum absolute atomic E-state index is 0.108. The third kappa shape index (κ3) is 4.01. The van der Waals surface area contributed by atoms with E-state index in [1.165, 1.54) is 22.2 Å². The molecule has 2 aromatic heterocycles. The van der Waals surface area contributed by atoms with E-state index in [4.69, 9.17) is 9.47 Å². The van der Waals surface area contributed by atoms with E-state index in [9.17, 15) is 4.79 Å². The summed E-state index contributed by atoms with van der Waals surface area (Å²) in [6.45, 7) is 6.00. The number of aromatic nitrogens is 2. The van der Waals surface area contributed by atoms with E-state index in [-0.39, 0.29) is 11.2 Å². The second-order valence-corrected chi connectivity index (χ2v) is 8.49. The van der Waals surface area contributed by atoms with Crippen molar-refractivity contribution in [3.8, 4) is 11.5 Å². The summed E-state index contributed by atoms with van der Waals surface area (Å²) in [5.41, 5.74) is 1.83. The molecule has 0 saturated carbocycles. The fraction of sp³-hybridized carbons (Fsp3) is 0.316. The summed E-state index contributed by atoms with van der Waals surface area (Å²) < 4.78 is 10.5. The Hall–Kier alpha value is -2.32. The van der Waals surface area contributed by atoms with Crippen molar-refractivity contribution in [3.63, 3.8) is 0 Å². The molecule has 0 fully saturated rings. The smallest absolute Gasteiger partial charge is 0.237 e. The van der Waals surface area contributed by atoms with Crippen molar-refractivity contribution in [1.29, 1.82) is 0 Å². The summed E-state index contributed by atoms with van der Waals surface area (Å²) in [7, 11) is 3.14. The molecule has 0 unspecified atom stereocenters. The number of carbonyl (C=O) groups is 1. The monoisotopic (exact) mass is 403 g/mol. The quantitative estimate of drug-likeness (QED) is 0.484. The van der Waals surface area contributed by atoms with E-state index in [0.717, 1.165) is 15.2 Å². The molecular formula is C19H21N3O3S2. The van der Waals surface area contributed by atoms with Gasteiger partial charge in [-0.2, -0.15) is 0 Å². The summed E-state index contributed by atoms with van der Waals surface area (Å²) in [6, 6.07) is 5.28. The molecule has 0 spiro atoms. The Balaban J connectivity index is 1.77. The van der Waals surface area contributed by atoms with Crippen molar-refractivity contribution in [2.24, 2.45) is 0 Å². The maximum atomic E-state index is 12.7. The van der Waals surface area contributed by atoms with Crippen LogP contribution in [0, 0.1) is 13.8 Å². The standard InChI is InChI=1S/C19H21N3O3S2/c1-10-11(2)26-18-16(10)19(21-9-20-18)27-12(3)17(23)22-13-6-7-14(24-4)15(8-13)25-5/h6-9,12H,1-5H3,(H,22,23)/t12-/m1/s1. The van der Waals surface area contributed by atoms with E-state index in [0.29, 0.717) is 17.2 Å². The number of hydrogen-bond acceptors (Lipinski definition) is 7. The first kappa shape index (κ1) is 19.4. The number of carbonyl (C=O) groups excluding carboxylic acids is 1. The molecule has 1 aromatic carbocycles. The van der Waals surface area contributed by atoms with Crippen molar-refractivity contribution in [2.45, 2.75) is 31.0 Å². The first-order chi connectivity index (χ1) is 12.9. The van der Waals surface area contributed by atoms with Gasteiger partial charge >= 0.3 is 0 Å². The normalized spacial score (nSPS) is 12.0. The van der Waals surface area contributed by atoms with E-state index >= 15 is 0 Å². The van der Waals surface area contributed by atoms with Crippen LogP contribution >= 0.6 is 23.1 Å². The number of rotatable bonds is 6. The van der Waals surface area contributed by atoms with Crippen LogP contribution < -0.4 is 14.8 Å². The number of thiophene rings is 1. The maximum absolute atomic E-state index is 12.7. The topological polar surface area (TPSA) is 73.3 Å². The van der Waals surface area contributed by atoms with Gasteiger partial charge in [-0.15, -0.1) is 11.3 Å². The van der Waals surface area contributed by atoms with Gasteiger partial charge in [-0.3, -0.25) is 4.79 Å². The zero-order chi connectivity index (χ0) is 19.6. The minimum Gasteiger partial charge on any atom is -0.493 e. The lowest BCUT2D eigenvalue weighted by molar-refractivity contribution is -0.115. The first-order valence-corrected chi connectivity index (χ1v) is 10.0. The average Bonchev–Trinajstić information content (AvgIpc) is 2.96. The lowest BCUT2D eigenvalue weighted by atomic mass is 10.2. The number of methoxy groups -OCH3 is 2. The lowest BCUT2D eigenvalue weighted by Gasteiger charge is -2.14. The highest BCUT2D eigenvalue weighted by Gasteiger charge is 2.20. The summed E-state index contributed by atoms with van der Waals surface area (Å²) in [5, 5.41) is 4.46. The van der Waals surface area contributed by atoms with E-state index in [1.54, 1.807) is 50.1 Å². The molecule has 2 heterocycles. The number of hydrogen-bond donors (Lipinski definition) is 1. The third-order valence-electron chi connectivity index (χ3n) is 4.24. The van der Waals surface area contributed by atoms with Gasteiger partial charge in [0.15, 0.2) is 11.5 Å². The molecule has 6 nitrogen and oxygen atoms in total. The highest BCUT2D eigenvalue weighted by atomic mass is 32.2. The van der Waals surface area contributed by atoms with Crippen LogP contribution in [0.25, 0.3) is 10.2 Å². The predicted molar refractivity (Wildman–Crippen MR) is 110 cm³/mol. The van der Waals surface area contributed by atoms with Crippen LogP contribution in [-0.2, 0) is 4.79 Å². The molecule has 3 aromatic rings. The molecule has 3 rings (SSSR count). The van der Waals surface area contributed by atoms with Gasteiger partial charge in [0.1, 0.15) is 16.2 Å². The summed E-state index contributed by atoms with van der Waals surface area (Å²) >= 11 is 3.08. The van der Waals surface area contributed by atoms with Gasteiger partial charge in [0.2, 0.25) is 5.91 Å². The molecule has 0 saturated heterocycles. The van der Waals surface area contributed by atoms with E-state index < -0.39 is 0 Å². The van der Waals surface area contributed by atoms with Gasteiger partial charge < -0.3 is 14.8 Å². The number of fused-ring (bicyclic) bond motifs is 1. The second kappa shape index (κ2) is 8.14. The van der Waals surface area contributed by atoms with Crippen LogP contribution in [0.15, 0.2) is 29.6 Å². The highest BCUT2D eigenvalue weighted by Crippen LogP contribution is 2.36. The number of amides is 1. The summed E-state index contributed by atoms with van der Waals surface area (Å²) in [5.74, 6) is 1.07. The zero-order valence-corrected chi connectivity index (χ0v) is 17.5. The molecule has 0 bridgehead atoms. The molecule has 1 amide bonds. The molecule has 0 aliphatic rings. The molecule has 8 heteroatoms.